The lowest BCUT2D eigenvalue weighted by molar-refractivity contribution is 0.0727. The molecule has 0 N–H and O–H groups in total. The fourth-order valence-corrected chi connectivity index (χ4v) is 2.72. The summed E-state index contributed by atoms with van der Waals surface area (Å²) in [5.74, 6) is 1.33. The van der Waals surface area contributed by atoms with Gasteiger partial charge in [-0.2, -0.15) is 4.98 Å². The minimum absolute atomic E-state index is 0.0937. The SMILES string of the molecule is CCOCc1nc(C2CCCN2C(=O)c2ccc(OC)nc2)no1. The van der Waals surface area contributed by atoms with Gasteiger partial charge in [0.15, 0.2) is 5.82 Å². The summed E-state index contributed by atoms with van der Waals surface area (Å²) in [5.41, 5.74) is 0.515. The van der Waals surface area contributed by atoms with Crippen LogP contribution in [0.3, 0.4) is 0 Å². The molecule has 8 nitrogen and oxygen atoms in total. The average molecular weight is 332 g/mol. The summed E-state index contributed by atoms with van der Waals surface area (Å²) in [7, 11) is 1.54. The number of carbonyl (C=O) groups is 1. The molecular formula is C16H20N4O4. The number of methoxy groups -OCH3 is 1. The molecule has 0 bridgehead atoms. The Bertz CT molecular complexity index is 686. The number of ether oxygens (including phenoxy) is 2. The van der Waals surface area contributed by atoms with Crippen LogP contribution in [0.15, 0.2) is 22.9 Å². The van der Waals surface area contributed by atoms with Gasteiger partial charge in [0.2, 0.25) is 5.88 Å². The molecule has 8 heteroatoms. The number of nitrogens with zero attached hydrogens (tertiary/aromatic N) is 4. The smallest absolute Gasteiger partial charge is 0.256 e. The van der Waals surface area contributed by atoms with Crippen LogP contribution in [0, 0.1) is 0 Å². The van der Waals surface area contributed by atoms with E-state index < -0.39 is 0 Å². The Morgan fingerprint density at radius 1 is 1.46 bits per heavy atom. The van der Waals surface area contributed by atoms with Crippen LogP contribution in [0.5, 0.6) is 5.88 Å². The Labute approximate surface area is 139 Å². The summed E-state index contributed by atoms with van der Waals surface area (Å²) in [5, 5.41) is 4.01. The van der Waals surface area contributed by atoms with Crippen molar-refractivity contribution in [1.29, 1.82) is 0 Å². The van der Waals surface area contributed by atoms with Crippen molar-refractivity contribution in [2.45, 2.75) is 32.4 Å². The summed E-state index contributed by atoms with van der Waals surface area (Å²) < 4.78 is 15.5. The maximum atomic E-state index is 12.7. The maximum absolute atomic E-state index is 12.7. The molecule has 0 aliphatic carbocycles. The number of likely N-dealkylation sites (tertiary alicyclic amines) is 1. The van der Waals surface area contributed by atoms with E-state index in [1.54, 1.807) is 17.0 Å². The van der Waals surface area contributed by atoms with Gasteiger partial charge in [0, 0.05) is 25.4 Å². The Morgan fingerprint density at radius 2 is 2.33 bits per heavy atom. The van der Waals surface area contributed by atoms with E-state index >= 15 is 0 Å². The van der Waals surface area contributed by atoms with E-state index in [2.05, 4.69) is 15.1 Å². The molecule has 1 unspecified atom stereocenters. The molecule has 0 saturated carbocycles. The largest absolute Gasteiger partial charge is 0.481 e. The molecule has 1 atom stereocenters. The number of aromatic nitrogens is 3. The third-order valence-corrected chi connectivity index (χ3v) is 3.92. The van der Waals surface area contributed by atoms with Gasteiger partial charge in [-0.3, -0.25) is 4.79 Å². The van der Waals surface area contributed by atoms with Gasteiger partial charge in [-0.15, -0.1) is 0 Å². The quantitative estimate of drug-likeness (QED) is 0.799. The van der Waals surface area contributed by atoms with Crippen LogP contribution in [0.4, 0.5) is 0 Å². The van der Waals surface area contributed by atoms with Crippen molar-refractivity contribution in [2.75, 3.05) is 20.3 Å². The number of hydrogen-bond acceptors (Lipinski definition) is 7. The highest BCUT2D eigenvalue weighted by Gasteiger charge is 2.34. The molecule has 0 spiro atoms. The minimum Gasteiger partial charge on any atom is -0.481 e. The third kappa shape index (κ3) is 3.38. The predicted molar refractivity (Wildman–Crippen MR) is 83.4 cm³/mol. The van der Waals surface area contributed by atoms with Crippen LogP contribution >= 0.6 is 0 Å². The second-order valence-corrected chi connectivity index (χ2v) is 5.43. The molecule has 1 fully saturated rings. The van der Waals surface area contributed by atoms with Crippen LogP contribution in [0.25, 0.3) is 0 Å². The standard InChI is InChI=1S/C16H20N4O4/c1-3-23-10-14-18-15(19-24-14)12-5-4-8-20(12)16(21)11-6-7-13(22-2)17-9-11/h6-7,9,12H,3-5,8,10H2,1-2H3. The zero-order chi connectivity index (χ0) is 16.9. The van der Waals surface area contributed by atoms with E-state index in [0.29, 0.717) is 36.3 Å². The third-order valence-electron chi connectivity index (χ3n) is 3.92. The second-order valence-electron chi connectivity index (χ2n) is 5.43. The van der Waals surface area contributed by atoms with Gasteiger partial charge in [-0.1, -0.05) is 5.16 Å². The Balaban J connectivity index is 1.74. The lowest BCUT2D eigenvalue weighted by Crippen LogP contribution is -2.31. The van der Waals surface area contributed by atoms with E-state index in [9.17, 15) is 4.79 Å². The lowest BCUT2D eigenvalue weighted by Gasteiger charge is -2.22. The van der Waals surface area contributed by atoms with Gasteiger partial charge in [0.1, 0.15) is 6.61 Å². The van der Waals surface area contributed by atoms with Gasteiger partial charge < -0.3 is 18.9 Å². The first-order valence-corrected chi connectivity index (χ1v) is 7.94. The van der Waals surface area contributed by atoms with Crippen molar-refractivity contribution < 1.29 is 18.8 Å². The van der Waals surface area contributed by atoms with Gasteiger partial charge in [-0.05, 0) is 25.8 Å². The first-order chi connectivity index (χ1) is 11.7. The monoisotopic (exact) mass is 332 g/mol. The van der Waals surface area contributed by atoms with Crippen molar-refractivity contribution in [3.05, 3.63) is 35.6 Å². The molecule has 1 aliphatic rings. The van der Waals surface area contributed by atoms with Crippen LogP contribution in [0.2, 0.25) is 0 Å². The fraction of sp³-hybridized carbons (Fsp3) is 0.500. The number of rotatable bonds is 6. The van der Waals surface area contributed by atoms with Crippen molar-refractivity contribution in [3.8, 4) is 5.88 Å². The summed E-state index contributed by atoms with van der Waals surface area (Å²) in [6, 6.07) is 3.20. The molecule has 128 valence electrons. The Hall–Kier alpha value is -2.48. The second kappa shape index (κ2) is 7.39. The van der Waals surface area contributed by atoms with E-state index in [1.807, 2.05) is 6.92 Å². The topological polar surface area (TPSA) is 90.6 Å². The molecule has 1 amide bonds. The van der Waals surface area contributed by atoms with E-state index in [-0.39, 0.29) is 18.6 Å². The molecule has 24 heavy (non-hydrogen) atoms. The van der Waals surface area contributed by atoms with Crippen LogP contribution in [0.1, 0.15) is 47.9 Å². The van der Waals surface area contributed by atoms with Crippen LogP contribution < -0.4 is 4.74 Å². The average Bonchev–Trinajstić information content (AvgIpc) is 3.28. The molecule has 2 aromatic heterocycles. The Kier molecular flexibility index (Phi) is 5.05. The van der Waals surface area contributed by atoms with Crippen LogP contribution in [-0.2, 0) is 11.3 Å². The fourth-order valence-electron chi connectivity index (χ4n) is 2.72. The maximum Gasteiger partial charge on any atom is 0.256 e. The van der Waals surface area contributed by atoms with Gasteiger partial charge in [-0.25, -0.2) is 4.98 Å². The van der Waals surface area contributed by atoms with Crippen LogP contribution in [-0.4, -0.2) is 46.2 Å². The molecule has 1 aliphatic heterocycles. The molecule has 0 aromatic carbocycles. The number of pyridine rings is 1. The van der Waals surface area contributed by atoms with Crippen molar-refractivity contribution in [3.63, 3.8) is 0 Å². The molecule has 3 heterocycles. The molecule has 3 rings (SSSR count). The first kappa shape index (κ1) is 16.4. The molecule has 1 saturated heterocycles. The van der Waals surface area contributed by atoms with E-state index in [4.69, 9.17) is 14.0 Å². The summed E-state index contributed by atoms with van der Waals surface area (Å²) >= 11 is 0. The predicted octanol–water partition coefficient (Wildman–Crippen LogP) is 1.99. The summed E-state index contributed by atoms with van der Waals surface area (Å²) in [6.07, 6.45) is 3.23. The van der Waals surface area contributed by atoms with Crippen molar-refractivity contribution in [2.24, 2.45) is 0 Å². The number of amides is 1. The van der Waals surface area contributed by atoms with E-state index in [0.717, 1.165) is 12.8 Å². The highest BCUT2D eigenvalue weighted by atomic mass is 16.5. The summed E-state index contributed by atoms with van der Waals surface area (Å²) in [4.78, 5) is 22.9. The Morgan fingerprint density at radius 3 is 3.04 bits per heavy atom. The first-order valence-electron chi connectivity index (χ1n) is 7.94. The minimum atomic E-state index is -0.182. The molecular weight excluding hydrogens is 312 g/mol. The molecule has 2 aromatic rings. The van der Waals surface area contributed by atoms with Gasteiger partial charge in [0.25, 0.3) is 11.8 Å². The highest BCUT2D eigenvalue weighted by molar-refractivity contribution is 5.94. The highest BCUT2D eigenvalue weighted by Crippen LogP contribution is 2.31. The molecule has 0 radical (unpaired) electrons. The summed E-state index contributed by atoms with van der Waals surface area (Å²) in [6.45, 7) is 3.42. The zero-order valence-electron chi connectivity index (χ0n) is 13.8. The van der Waals surface area contributed by atoms with Gasteiger partial charge >= 0.3 is 0 Å². The lowest BCUT2D eigenvalue weighted by atomic mass is 10.2. The van der Waals surface area contributed by atoms with E-state index in [1.165, 1.54) is 13.3 Å². The number of carbonyl (C=O) groups excluding carboxylic acids is 1. The van der Waals surface area contributed by atoms with Crippen molar-refractivity contribution in [1.82, 2.24) is 20.0 Å². The normalized spacial score (nSPS) is 17.2. The number of hydrogen-bond donors (Lipinski definition) is 0. The van der Waals surface area contributed by atoms with Crippen molar-refractivity contribution >= 4 is 5.91 Å². The van der Waals surface area contributed by atoms with Gasteiger partial charge in [0.05, 0.1) is 18.7 Å². The zero-order valence-corrected chi connectivity index (χ0v) is 13.8.